The first-order chi connectivity index (χ1) is 13.5. The molecule has 2 aromatic rings. The number of alkyl carbamates (subject to hydrolysis) is 1. The predicted molar refractivity (Wildman–Crippen MR) is 110 cm³/mol. The van der Waals surface area contributed by atoms with Crippen molar-refractivity contribution in [3.8, 4) is 0 Å². The summed E-state index contributed by atoms with van der Waals surface area (Å²) in [6.07, 6.45) is -0.379. The molecule has 6 nitrogen and oxygen atoms in total. The molecule has 0 spiro atoms. The van der Waals surface area contributed by atoms with Gasteiger partial charge in [0.2, 0.25) is 0 Å². The second-order valence-electron chi connectivity index (χ2n) is 7.99. The van der Waals surface area contributed by atoms with Gasteiger partial charge in [-0.2, -0.15) is 0 Å². The number of hydrogen-bond acceptors (Lipinski definition) is 5. The Morgan fingerprint density at radius 3 is 2.34 bits per heavy atom. The molecule has 0 aromatic heterocycles. The van der Waals surface area contributed by atoms with Crippen molar-refractivity contribution in [2.75, 3.05) is 0 Å². The third kappa shape index (κ3) is 4.16. The third-order valence-electron chi connectivity index (χ3n) is 4.71. The number of halogens is 1. The summed E-state index contributed by atoms with van der Waals surface area (Å²) in [5.41, 5.74) is -1.91. The number of carbonyl (C=O) groups excluding carboxylic acids is 2. The van der Waals surface area contributed by atoms with E-state index in [2.05, 4.69) is 5.32 Å². The van der Waals surface area contributed by atoms with Crippen LogP contribution < -0.4 is 5.32 Å². The number of nitrogens with one attached hydrogen (secondary N) is 1. The van der Waals surface area contributed by atoms with Crippen molar-refractivity contribution in [1.82, 2.24) is 5.32 Å². The summed E-state index contributed by atoms with van der Waals surface area (Å²) in [6.45, 7) is 5.04. The molecule has 29 heavy (non-hydrogen) atoms. The Kier molecular flexibility index (Phi) is 5.49. The van der Waals surface area contributed by atoms with Crippen LogP contribution in [0.4, 0.5) is 4.79 Å². The fraction of sp³-hybridized carbons (Fsp3) is 0.333. The van der Waals surface area contributed by atoms with Gasteiger partial charge in [-0.3, -0.25) is 0 Å². The van der Waals surface area contributed by atoms with E-state index in [1.54, 1.807) is 63.2 Å². The summed E-state index contributed by atoms with van der Waals surface area (Å²) in [6, 6.07) is 14.4. The van der Waals surface area contributed by atoms with Gasteiger partial charge in [-0.15, -0.1) is 0 Å². The van der Waals surface area contributed by atoms with Crippen molar-refractivity contribution in [1.29, 1.82) is 0 Å². The molecule has 1 amide bonds. The highest BCUT2D eigenvalue weighted by Crippen LogP contribution is 2.56. The quantitative estimate of drug-likeness (QED) is 0.722. The Morgan fingerprint density at radius 2 is 1.79 bits per heavy atom. The van der Waals surface area contributed by atoms with E-state index in [1.807, 2.05) is 0 Å². The number of benzene rings is 2. The first-order valence-corrected chi connectivity index (χ1v) is 11.0. The lowest BCUT2D eigenvalue weighted by Gasteiger charge is -2.22. The highest BCUT2D eigenvalue weighted by atomic mass is 35.5. The summed E-state index contributed by atoms with van der Waals surface area (Å²) in [7, 11) is -3.93. The van der Waals surface area contributed by atoms with Gasteiger partial charge in [0.25, 0.3) is 0 Å². The zero-order chi connectivity index (χ0) is 21.4. The third-order valence-corrected chi connectivity index (χ3v) is 7.20. The van der Waals surface area contributed by atoms with Crippen molar-refractivity contribution < 1.29 is 22.7 Å². The van der Waals surface area contributed by atoms with Gasteiger partial charge < -0.3 is 14.8 Å². The van der Waals surface area contributed by atoms with Crippen LogP contribution in [0.15, 0.2) is 59.5 Å². The van der Waals surface area contributed by atoms with Crippen LogP contribution in [0.5, 0.6) is 0 Å². The van der Waals surface area contributed by atoms with E-state index in [0.717, 1.165) is 0 Å². The number of aldehydes is 1. The predicted octanol–water partition coefficient (Wildman–Crippen LogP) is 3.74. The van der Waals surface area contributed by atoms with Crippen LogP contribution in [0.3, 0.4) is 0 Å². The molecular weight excluding hydrogens is 414 g/mol. The second kappa shape index (κ2) is 7.46. The minimum Gasteiger partial charge on any atom is -0.444 e. The molecule has 1 aliphatic carbocycles. The first kappa shape index (κ1) is 21.3. The van der Waals surface area contributed by atoms with Crippen molar-refractivity contribution in [2.24, 2.45) is 0 Å². The van der Waals surface area contributed by atoms with Crippen LogP contribution in [-0.4, -0.2) is 37.2 Å². The lowest BCUT2D eigenvalue weighted by molar-refractivity contribution is -0.110. The lowest BCUT2D eigenvalue weighted by atomic mass is 10.1. The largest absolute Gasteiger partial charge is 0.444 e. The molecule has 154 valence electrons. The van der Waals surface area contributed by atoms with E-state index < -0.39 is 38.2 Å². The SMILES string of the molecule is CC(C)(C)OC(=O)N[C@@]1(C=O)[C@H](c2cccc(Cl)c2)[C@@H]1S(=O)(=O)c1ccccc1. The van der Waals surface area contributed by atoms with Crippen molar-refractivity contribution in [2.45, 2.75) is 48.0 Å². The highest BCUT2D eigenvalue weighted by molar-refractivity contribution is 7.92. The van der Waals surface area contributed by atoms with Gasteiger partial charge in [-0.1, -0.05) is 41.9 Å². The van der Waals surface area contributed by atoms with Gasteiger partial charge in [0.15, 0.2) is 9.84 Å². The minimum absolute atomic E-state index is 0.0757. The molecule has 1 N–H and O–H groups in total. The lowest BCUT2D eigenvalue weighted by Crippen LogP contribution is -2.45. The average molecular weight is 436 g/mol. The molecule has 8 heteroatoms. The maximum Gasteiger partial charge on any atom is 0.408 e. The van der Waals surface area contributed by atoms with Crippen LogP contribution >= 0.6 is 11.6 Å². The van der Waals surface area contributed by atoms with Crippen LogP contribution in [0, 0.1) is 0 Å². The summed E-state index contributed by atoms with van der Waals surface area (Å²) >= 11 is 6.08. The molecule has 1 saturated carbocycles. The van der Waals surface area contributed by atoms with E-state index >= 15 is 0 Å². The Morgan fingerprint density at radius 1 is 1.14 bits per heavy atom. The van der Waals surface area contributed by atoms with Gasteiger partial charge >= 0.3 is 6.09 Å². The van der Waals surface area contributed by atoms with Crippen LogP contribution in [-0.2, 0) is 19.4 Å². The fourth-order valence-corrected chi connectivity index (χ4v) is 5.98. The summed E-state index contributed by atoms with van der Waals surface area (Å²) in [5, 5.41) is 1.74. The van der Waals surface area contributed by atoms with E-state index in [0.29, 0.717) is 16.9 Å². The molecule has 1 aliphatic rings. The fourth-order valence-electron chi connectivity index (χ4n) is 3.52. The Balaban J connectivity index is 2.05. The molecule has 2 aromatic carbocycles. The molecule has 3 rings (SSSR count). The number of carbonyl (C=O) groups is 2. The smallest absolute Gasteiger partial charge is 0.408 e. The molecular formula is C21H22ClNO5S. The van der Waals surface area contributed by atoms with E-state index in [9.17, 15) is 18.0 Å². The van der Waals surface area contributed by atoms with Gasteiger partial charge in [0.05, 0.1) is 4.90 Å². The van der Waals surface area contributed by atoms with Gasteiger partial charge in [-0.05, 0) is 50.6 Å². The molecule has 0 heterocycles. The summed E-state index contributed by atoms with van der Waals surface area (Å²) < 4.78 is 31.9. The molecule has 0 saturated heterocycles. The normalized spacial score (nSPS) is 23.9. The van der Waals surface area contributed by atoms with E-state index in [-0.39, 0.29) is 4.90 Å². The number of sulfone groups is 1. The first-order valence-electron chi connectivity index (χ1n) is 9.03. The van der Waals surface area contributed by atoms with Crippen LogP contribution in [0.25, 0.3) is 0 Å². The van der Waals surface area contributed by atoms with Crippen molar-refractivity contribution in [3.05, 3.63) is 65.2 Å². The Hall–Kier alpha value is -2.38. The zero-order valence-electron chi connectivity index (χ0n) is 16.3. The Bertz CT molecular complexity index is 1030. The highest BCUT2D eigenvalue weighted by Gasteiger charge is 2.73. The van der Waals surface area contributed by atoms with Crippen LogP contribution in [0.2, 0.25) is 5.02 Å². The maximum atomic E-state index is 13.3. The number of ether oxygens (including phenoxy) is 1. The van der Waals surface area contributed by atoms with E-state index in [4.69, 9.17) is 16.3 Å². The molecule has 0 unspecified atom stereocenters. The van der Waals surface area contributed by atoms with Gasteiger partial charge in [-0.25, -0.2) is 13.2 Å². The number of amides is 1. The molecule has 0 radical (unpaired) electrons. The standard InChI is InChI=1S/C21H22ClNO5S/c1-20(2,3)28-19(25)23-21(13-24)17(14-8-7-9-15(22)12-14)18(21)29(26,27)16-10-5-4-6-11-16/h4-13,17-18H,1-3H3,(H,23,25)/t17-,18+,21+/m1/s1. The number of rotatable bonds is 5. The minimum atomic E-state index is -3.93. The van der Waals surface area contributed by atoms with Crippen molar-refractivity contribution >= 4 is 33.8 Å². The summed E-state index contributed by atoms with van der Waals surface area (Å²) in [4.78, 5) is 24.7. The van der Waals surface area contributed by atoms with Gasteiger partial charge in [0.1, 0.15) is 22.7 Å². The second-order valence-corrected chi connectivity index (χ2v) is 10.5. The molecule has 3 atom stereocenters. The average Bonchev–Trinajstić information content (AvgIpc) is 3.30. The zero-order valence-corrected chi connectivity index (χ0v) is 17.8. The molecule has 0 aliphatic heterocycles. The topological polar surface area (TPSA) is 89.5 Å². The maximum absolute atomic E-state index is 13.3. The Labute approximate surface area is 175 Å². The monoisotopic (exact) mass is 435 g/mol. The molecule has 0 bridgehead atoms. The van der Waals surface area contributed by atoms with Crippen molar-refractivity contribution in [3.63, 3.8) is 0 Å². The number of hydrogen-bond donors (Lipinski definition) is 1. The van der Waals surface area contributed by atoms with Crippen LogP contribution in [0.1, 0.15) is 32.3 Å². The molecule has 1 fully saturated rings. The summed E-state index contributed by atoms with van der Waals surface area (Å²) in [5.74, 6) is -0.795. The van der Waals surface area contributed by atoms with E-state index in [1.165, 1.54) is 12.1 Å². The van der Waals surface area contributed by atoms with Gasteiger partial charge in [0, 0.05) is 10.9 Å².